The molecule has 3 atom stereocenters. The Bertz CT molecular complexity index is 1010. The summed E-state index contributed by atoms with van der Waals surface area (Å²) in [6.07, 6.45) is 1.01. The van der Waals surface area contributed by atoms with Gasteiger partial charge in [-0.2, -0.15) is 0 Å². The zero-order chi connectivity index (χ0) is 25.0. The lowest BCUT2D eigenvalue weighted by Crippen LogP contribution is -2.64. The fraction of sp³-hybridized carbons (Fsp3) is 0.455. The van der Waals surface area contributed by atoms with Crippen LogP contribution in [0.3, 0.4) is 0 Å². The number of Topliss-reactive ketones (excluding diaryl/α,β-unsaturated/α-hetero) is 1. The van der Waals surface area contributed by atoms with Gasteiger partial charge in [-0.1, -0.05) is 23.2 Å². The highest BCUT2D eigenvalue weighted by atomic mass is 35.5. The second-order valence-corrected chi connectivity index (χ2v) is 9.11. The first kappa shape index (κ1) is 25.6. The quantitative estimate of drug-likeness (QED) is 0.530. The van der Waals surface area contributed by atoms with Crippen LogP contribution in [0, 0.1) is 0 Å². The van der Waals surface area contributed by atoms with Crippen molar-refractivity contribution in [2.45, 2.75) is 57.2 Å². The van der Waals surface area contributed by atoms with E-state index in [1.165, 1.54) is 30.1 Å². The summed E-state index contributed by atoms with van der Waals surface area (Å²) >= 11 is 11.9. The summed E-state index contributed by atoms with van der Waals surface area (Å²) in [7, 11) is 0. The molecule has 2 aliphatic rings. The van der Waals surface area contributed by atoms with Crippen molar-refractivity contribution in [3.63, 3.8) is 0 Å². The Morgan fingerprint density at radius 1 is 1.15 bits per heavy atom. The monoisotopic (exact) mass is 510 g/mol. The zero-order valence-corrected chi connectivity index (χ0v) is 19.9. The van der Waals surface area contributed by atoms with Crippen LogP contribution >= 0.6 is 23.2 Å². The standard InChI is InChI=1S/C22H24Cl2N4O6/c1-12(30)7-16(11-29)25-21(33)18-3-2-6-27-19(31)5-4-17(22(34)28(18)27)26-20(32)13-8-14(23)10-15(24)9-13/h8-11,16-18H,2-7H2,1H3,(H,25,33)(H,26,32). The van der Waals surface area contributed by atoms with Crippen molar-refractivity contribution < 1.29 is 28.8 Å². The summed E-state index contributed by atoms with van der Waals surface area (Å²) in [6, 6.07) is 1.06. The molecule has 1 aromatic rings. The van der Waals surface area contributed by atoms with Crippen LogP contribution in [-0.2, 0) is 24.0 Å². The van der Waals surface area contributed by atoms with Crippen molar-refractivity contribution in [1.29, 1.82) is 0 Å². The predicted molar refractivity (Wildman–Crippen MR) is 122 cm³/mol. The molecule has 0 aromatic heterocycles. The van der Waals surface area contributed by atoms with Crippen LogP contribution in [0.4, 0.5) is 0 Å². The van der Waals surface area contributed by atoms with Gasteiger partial charge in [0.25, 0.3) is 11.8 Å². The van der Waals surface area contributed by atoms with E-state index in [0.29, 0.717) is 12.7 Å². The smallest absolute Gasteiger partial charge is 0.264 e. The summed E-state index contributed by atoms with van der Waals surface area (Å²) in [4.78, 5) is 74.5. The van der Waals surface area contributed by atoms with E-state index in [0.717, 1.165) is 5.01 Å². The Labute approximate surface area is 205 Å². The number of rotatable bonds is 7. The number of aldehydes is 1. The third-order valence-electron chi connectivity index (χ3n) is 5.59. The maximum atomic E-state index is 13.4. The second kappa shape index (κ2) is 11.0. The van der Waals surface area contributed by atoms with Crippen LogP contribution in [0.2, 0.25) is 10.0 Å². The first-order valence-electron chi connectivity index (χ1n) is 10.8. The van der Waals surface area contributed by atoms with E-state index in [1.54, 1.807) is 0 Å². The third-order valence-corrected chi connectivity index (χ3v) is 6.03. The molecular weight excluding hydrogens is 487 g/mol. The molecule has 2 fully saturated rings. The lowest BCUT2D eigenvalue weighted by Gasteiger charge is -2.43. The first-order chi connectivity index (χ1) is 16.1. The molecule has 2 saturated heterocycles. The fourth-order valence-corrected chi connectivity index (χ4v) is 4.58. The number of ketones is 1. The van der Waals surface area contributed by atoms with Gasteiger partial charge < -0.3 is 15.4 Å². The van der Waals surface area contributed by atoms with Crippen LogP contribution in [0.1, 0.15) is 49.4 Å². The van der Waals surface area contributed by atoms with Gasteiger partial charge in [-0.05, 0) is 44.4 Å². The predicted octanol–water partition coefficient (Wildman–Crippen LogP) is 1.28. The molecule has 3 unspecified atom stereocenters. The topological polar surface area (TPSA) is 133 Å². The Kier molecular flexibility index (Phi) is 8.27. The van der Waals surface area contributed by atoms with Gasteiger partial charge in [0.2, 0.25) is 11.8 Å². The molecule has 2 heterocycles. The van der Waals surface area contributed by atoms with Gasteiger partial charge in [0.15, 0.2) is 0 Å². The van der Waals surface area contributed by atoms with Crippen molar-refractivity contribution in [3.8, 4) is 0 Å². The summed E-state index contributed by atoms with van der Waals surface area (Å²) in [6.45, 7) is 1.53. The Balaban J connectivity index is 1.82. The van der Waals surface area contributed by atoms with Gasteiger partial charge in [-0.25, -0.2) is 5.01 Å². The number of carbonyl (C=O) groups is 6. The van der Waals surface area contributed by atoms with Crippen LogP contribution < -0.4 is 10.6 Å². The number of halogens is 2. The van der Waals surface area contributed by atoms with Gasteiger partial charge in [0.05, 0.1) is 6.04 Å². The fourth-order valence-electron chi connectivity index (χ4n) is 4.05. The number of nitrogens with one attached hydrogen (secondary N) is 2. The highest BCUT2D eigenvalue weighted by Gasteiger charge is 2.44. The number of hydrogen-bond donors (Lipinski definition) is 2. The molecule has 0 radical (unpaired) electrons. The number of benzene rings is 1. The minimum atomic E-state index is -1.08. The number of amides is 4. The summed E-state index contributed by atoms with van der Waals surface area (Å²) in [5, 5.41) is 7.87. The molecule has 4 amide bonds. The van der Waals surface area contributed by atoms with Crippen LogP contribution in [0.25, 0.3) is 0 Å². The van der Waals surface area contributed by atoms with E-state index >= 15 is 0 Å². The molecule has 0 saturated carbocycles. The maximum absolute atomic E-state index is 13.4. The molecular formula is C22H24Cl2N4O6. The number of hydrazine groups is 1. The number of hydrogen-bond acceptors (Lipinski definition) is 6. The van der Waals surface area contributed by atoms with E-state index in [-0.39, 0.29) is 59.5 Å². The molecule has 10 nitrogen and oxygen atoms in total. The zero-order valence-electron chi connectivity index (χ0n) is 18.4. The van der Waals surface area contributed by atoms with Crippen LogP contribution in [-0.4, -0.2) is 70.4 Å². The highest BCUT2D eigenvalue weighted by molar-refractivity contribution is 6.35. The maximum Gasteiger partial charge on any atom is 0.264 e. The number of carbonyl (C=O) groups excluding carboxylic acids is 6. The molecule has 1 aromatic carbocycles. The average Bonchev–Trinajstić information content (AvgIpc) is 2.89. The Morgan fingerprint density at radius 2 is 1.82 bits per heavy atom. The van der Waals surface area contributed by atoms with E-state index < -0.39 is 35.8 Å². The minimum absolute atomic E-state index is 0.0148. The number of nitrogens with zero attached hydrogens (tertiary/aromatic N) is 2. The summed E-state index contributed by atoms with van der Waals surface area (Å²) in [5.41, 5.74) is 0.142. The molecule has 12 heteroatoms. The normalized spacial score (nSPS) is 21.3. The molecule has 2 aliphatic heterocycles. The first-order valence-corrected chi connectivity index (χ1v) is 11.5. The van der Waals surface area contributed by atoms with Crippen molar-refractivity contribution in [1.82, 2.24) is 20.7 Å². The van der Waals surface area contributed by atoms with Crippen LogP contribution in [0.5, 0.6) is 0 Å². The largest absolute Gasteiger partial charge is 0.344 e. The minimum Gasteiger partial charge on any atom is -0.344 e. The van der Waals surface area contributed by atoms with E-state index in [9.17, 15) is 28.8 Å². The molecule has 34 heavy (non-hydrogen) atoms. The SMILES string of the molecule is CC(=O)CC(C=O)NC(=O)C1CCCN2C(=O)CCC(NC(=O)c3cc(Cl)cc(Cl)c3)C(=O)N12. The van der Waals surface area contributed by atoms with Crippen molar-refractivity contribution in [3.05, 3.63) is 33.8 Å². The Morgan fingerprint density at radius 3 is 2.44 bits per heavy atom. The third kappa shape index (κ3) is 5.92. The highest BCUT2D eigenvalue weighted by Crippen LogP contribution is 2.26. The lowest BCUT2D eigenvalue weighted by atomic mass is 10.0. The Hall–Kier alpha value is -2.98. The molecule has 0 spiro atoms. The molecule has 182 valence electrons. The molecule has 2 N–H and O–H groups in total. The van der Waals surface area contributed by atoms with Gasteiger partial charge in [0, 0.05) is 35.0 Å². The van der Waals surface area contributed by atoms with Gasteiger partial charge in [-0.15, -0.1) is 0 Å². The second-order valence-electron chi connectivity index (χ2n) is 8.24. The number of fused-ring (bicyclic) bond motifs is 1. The van der Waals surface area contributed by atoms with E-state index in [4.69, 9.17) is 23.2 Å². The molecule has 0 bridgehead atoms. The van der Waals surface area contributed by atoms with Gasteiger partial charge in [-0.3, -0.25) is 29.0 Å². The van der Waals surface area contributed by atoms with E-state index in [2.05, 4.69) is 10.6 Å². The van der Waals surface area contributed by atoms with E-state index in [1.807, 2.05) is 0 Å². The average molecular weight is 511 g/mol. The lowest BCUT2D eigenvalue weighted by molar-refractivity contribution is -0.176. The molecule has 3 rings (SSSR count). The van der Waals surface area contributed by atoms with Crippen LogP contribution in [0.15, 0.2) is 18.2 Å². The van der Waals surface area contributed by atoms with Gasteiger partial charge in [0.1, 0.15) is 24.2 Å². The molecule has 0 aliphatic carbocycles. The van der Waals surface area contributed by atoms with Crippen molar-refractivity contribution in [2.24, 2.45) is 0 Å². The van der Waals surface area contributed by atoms with Crippen molar-refractivity contribution in [2.75, 3.05) is 6.54 Å². The van der Waals surface area contributed by atoms with Gasteiger partial charge >= 0.3 is 0 Å². The van der Waals surface area contributed by atoms with Crippen molar-refractivity contribution >= 4 is 58.9 Å². The summed E-state index contributed by atoms with van der Waals surface area (Å²) in [5.74, 6) is -2.53. The summed E-state index contributed by atoms with van der Waals surface area (Å²) < 4.78 is 0.